The highest BCUT2D eigenvalue weighted by molar-refractivity contribution is 7.19. The van der Waals surface area contributed by atoms with Crippen molar-refractivity contribution in [2.45, 2.75) is 12.5 Å². The highest BCUT2D eigenvalue weighted by atomic mass is 32.1. The van der Waals surface area contributed by atoms with Crippen LogP contribution in [-0.2, 0) is 4.79 Å². The van der Waals surface area contributed by atoms with Crippen LogP contribution in [0.1, 0.15) is 6.42 Å². The Kier molecular flexibility index (Phi) is 5.11. The molecule has 1 atom stereocenters. The van der Waals surface area contributed by atoms with Crippen molar-refractivity contribution >= 4 is 28.4 Å². The van der Waals surface area contributed by atoms with Crippen molar-refractivity contribution in [3.05, 3.63) is 36.5 Å². The molecule has 0 fully saturated rings. The lowest BCUT2D eigenvalue weighted by atomic mass is 10.2. The lowest BCUT2D eigenvalue weighted by Gasteiger charge is -2.12. The summed E-state index contributed by atoms with van der Waals surface area (Å²) in [4.78, 5) is 28.0. The average molecular weight is 314 g/mol. The minimum atomic E-state index is -0.904. The molecule has 0 aliphatic carbocycles. The number of aromatic nitrogens is 1. The normalized spacial score (nSPS) is 11.2. The largest absolute Gasteiger partial charge is 0.368 e. The molecule has 0 aliphatic heterocycles. The molecular weight excluding hydrogens is 300 g/mol. The molecule has 1 aromatic heterocycles. The number of nitrogens with two attached hydrogens (primary N) is 1. The van der Waals surface area contributed by atoms with Crippen LogP contribution in [0.5, 0.6) is 0 Å². The molecule has 0 radical (unpaired) electrons. The van der Waals surface area contributed by atoms with E-state index in [2.05, 4.69) is 21.5 Å². The number of hydrogen-bond acceptors (Lipinski definition) is 4. The number of urea groups is 1. The van der Waals surface area contributed by atoms with Crippen molar-refractivity contribution < 1.29 is 9.59 Å². The smallest absolute Gasteiger partial charge is 0.321 e. The Labute approximate surface area is 131 Å². The van der Waals surface area contributed by atoms with Gasteiger partial charge in [0.15, 0.2) is 5.13 Å². The van der Waals surface area contributed by atoms with Crippen LogP contribution >= 0.6 is 11.3 Å². The van der Waals surface area contributed by atoms with E-state index in [1.807, 2.05) is 30.3 Å². The Morgan fingerprint density at radius 3 is 2.73 bits per heavy atom. The molecule has 0 saturated carbocycles. The number of thiazole rings is 1. The van der Waals surface area contributed by atoms with Gasteiger partial charge in [0.25, 0.3) is 0 Å². The van der Waals surface area contributed by atoms with Gasteiger partial charge in [-0.15, -0.1) is 12.3 Å². The van der Waals surface area contributed by atoms with Crippen LogP contribution in [0.15, 0.2) is 36.5 Å². The van der Waals surface area contributed by atoms with E-state index < -0.39 is 18.0 Å². The van der Waals surface area contributed by atoms with Crippen LogP contribution in [0.2, 0.25) is 0 Å². The first-order valence-corrected chi connectivity index (χ1v) is 7.23. The Balaban J connectivity index is 2.00. The maximum Gasteiger partial charge on any atom is 0.321 e. The van der Waals surface area contributed by atoms with Crippen LogP contribution in [0.4, 0.5) is 9.93 Å². The molecule has 0 saturated heterocycles. The molecule has 4 N–H and O–H groups in total. The molecule has 1 heterocycles. The number of nitrogens with zero attached hydrogens (tertiary/aromatic N) is 1. The Hall–Kier alpha value is -2.85. The summed E-state index contributed by atoms with van der Waals surface area (Å²) in [6, 6.07) is 8.19. The van der Waals surface area contributed by atoms with E-state index in [1.54, 1.807) is 6.20 Å². The molecule has 2 aromatic rings. The zero-order valence-corrected chi connectivity index (χ0v) is 12.4. The van der Waals surface area contributed by atoms with Crippen LogP contribution in [0.3, 0.4) is 0 Å². The molecule has 0 bridgehead atoms. The van der Waals surface area contributed by atoms with E-state index >= 15 is 0 Å². The van der Waals surface area contributed by atoms with Gasteiger partial charge >= 0.3 is 6.03 Å². The fourth-order valence-corrected chi connectivity index (χ4v) is 2.52. The van der Waals surface area contributed by atoms with E-state index in [0.717, 1.165) is 10.4 Å². The van der Waals surface area contributed by atoms with Crippen molar-refractivity contribution in [1.29, 1.82) is 0 Å². The van der Waals surface area contributed by atoms with Crippen LogP contribution < -0.4 is 16.4 Å². The summed E-state index contributed by atoms with van der Waals surface area (Å²) in [5.74, 6) is 1.60. The third kappa shape index (κ3) is 4.07. The number of primary amides is 1. The second-order valence-electron chi connectivity index (χ2n) is 4.36. The second-order valence-corrected chi connectivity index (χ2v) is 5.39. The average Bonchev–Trinajstić information content (AvgIpc) is 2.96. The number of terminal acetylenes is 1. The van der Waals surface area contributed by atoms with E-state index in [0.29, 0.717) is 5.13 Å². The number of carbonyl (C=O) groups is 2. The van der Waals surface area contributed by atoms with Crippen molar-refractivity contribution in [3.63, 3.8) is 0 Å². The van der Waals surface area contributed by atoms with Crippen LogP contribution in [-0.4, -0.2) is 23.0 Å². The van der Waals surface area contributed by atoms with Gasteiger partial charge in [-0.1, -0.05) is 41.7 Å². The third-order valence-corrected chi connectivity index (χ3v) is 3.72. The number of carbonyl (C=O) groups excluding carboxylic acids is 2. The van der Waals surface area contributed by atoms with E-state index in [1.165, 1.54) is 11.3 Å². The number of benzene rings is 1. The van der Waals surface area contributed by atoms with E-state index in [9.17, 15) is 9.59 Å². The van der Waals surface area contributed by atoms with Crippen LogP contribution in [0, 0.1) is 12.3 Å². The lowest BCUT2D eigenvalue weighted by Crippen LogP contribution is -2.45. The van der Waals surface area contributed by atoms with Gasteiger partial charge in [0.2, 0.25) is 5.91 Å². The molecule has 0 aliphatic rings. The van der Waals surface area contributed by atoms with Gasteiger partial charge in [-0.25, -0.2) is 9.78 Å². The SMILES string of the molecule is C#CCC(NC(=O)Nc1ncc(-c2ccccc2)s1)C(N)=O. The predicted octanol–water partition coefficient (Wildman–Crippen LogP) is 1.81. The topological polar surface area (TPSA) is 97.1 Å². The van der Waals surface area contributed by atoms with Gasteiger partial charge in [0.05, 0.1) is 4.88 Å². The first-order valence-electron chi connectivity index (χ1n) is 6.41. The van der Waals surface area contributed by atoms with Gasteiger partial charge in [0.1, 0.15) is 6.04 Å². The monoisotopic (exact) mass is 314 g/mol. The van der Waals surface area contributed by atoms with Crippen molar-refractivity contribution in [3.8, 4) is 22.8 Å². The maximum atomic E-state index is 11.8. The fraction of sp³-hybridized carbons (Fsp3) is 0.133. The first kappa shape index (κ1) is 15.5. The van der Waals surface area contributed by atoms with Crippen molar-refractivity contribution in [1.82, 2.24) is 10.3 Å². The summed E-state index contributed by atoms with van der Waals surface area (Å²) < 4.78 is 0. The molecule has 7 heteroatoms. The quantitative estimate of drug-likeness (QED) is 0.734. The Morgan fingerprint density at radius 2 is 2.09 bits per heavy atom. The van der Waals surface area contributed by atoms with E-state index in [4.69, 9.17) is 12.2 Å². The standard InChI is InChI=1S/C15H14N4O2S/c1-2-6-11(13(16)20)18-14(21)19-15-17-9-12(22-15)10-7-4-3-5-8-10/h1,3-5,7-9,11H,6H2,(H2,16,20)(H2,17,18,19,21). The fourth-order valence-electron chi connectivity index (χ4n) is 1.70. The molecule has 1 aromatic carbocycles. The van der Waals surface area contributed by atoms with Gasteiger partial charge in [-0.2, -0.15) is 0 Å². The summed E-state index contributed by atoms with van der Waals surface area (Å²) in [7, 11) is 0. The first-order chi connectivity index (χ1) is 10.6. The molecule has 2 rings (SSSR count). The molecule has 3 amide bonds. The summed E-state index contributed by atoms with van der Waals surface area (Å²) >= 11 is 1.32. The van der Waals surface area contributed by atoms with Gasteiger partial charge in [-0.3, -0.25) is 10.1 Å². The summed E-state index contributed by atoms with van der Waals surface area (Å²) in [6.07, 6.45) is 6.83. The summed E-state index contributed by atoms with van der Waals surface area (Å²) in [5.41, 5.74) is 6.16. The number of hydrogen-bond donors (Lipinski definition) is 3. The van der Waals surface area contributed by atoms with Gasteiger partial charge in [-0.05, 0) is 5.56 Å². The molecular formula is C15H14N4O2S. The Morgan fingerprint density at radius 1 is 1.36 bits per heavy atom. The lowest BCUT2D eigenvalue weighted by molar-refractivity contribution is -0.119. The summed E-state index contributed by atoms with van der Waals surface area (Å²) in [6.45, 7) is 0. The van der Waals surface area contributed by atoms with Crippen molar-refractivity contribution in [2.24, 2.45) is 5.73 Å². The zero-order chi connectivity index (χ0) is 15.9. The third-order valence-electron chi connectivity index (χ3n) is 2.76. The molecule has 112 valence electrons. The Bertz CT molecular complexity index is 706. The number of anilines is 1. The molecule has 1 unspecified atom stereocenters. The minimum absolute atomic E-state index is 0.0376. The highest BCUT2D eigenvalue weighted by Gasteiger charge is 2.17. The highest BCUT2D eigenvalue weighted by Crippen LogP contribution is 2.28. The van der Waals surface area contributed by atoms with Crippen molar-refractivity contribution in [2.75, 3.05) is 5.32 Å². The van der Waals surface area contributed by atoms with Gasteiger partial charge in [0, 0.05) is 12.6 Å². The molecule has 6 nitrogen and oxygen atoms in total. The van der Waals surface area contributed by atoms with E-state index in [-0.39, 0.29) is 6.42 Å². The van der Waals surface area contributed by atoms with Crippen LogP contribution in [0.25, 0.3) is 10.4 Å². The number of rotatable bonds is 5. The zero-order valence-electron chi connectivity index (χ0n) is 11.6. The maximum absolute atomic E-state index is 11.8. The molecule has 22 heavy (non-hydrogen) atoms. The minimum Gasteiger partial charge on any atom is -0.368 e. The number of nitrogens with one attached hydrogen (secondary N) is 2. The van der Waals surface area contributed by atoms with Gasteiger partial charge < -0.3 is 11.1 Å². The predicted molar refractivity (Wildman–Crippen MR) is 86.1 cm³/mol. The summed E-state index contributed by atoms with van der Waals surface area (Å²) in [5, 5.41) is 5.39. The molecule has 0 spiro atoms. The second kappa shape index (κ2) is 7.24. The number of amides is 3.